The number of amides is 3. The zero-order valence-electron chi connectivity index (χ0n) is 30.6. The van der Waals surface area contributed by atoms with Crippen molar-refractivity contribution in [3.8, 4) is 0 Å². The molecule has 0 saturated carbocycles. The molecule has 0 radical (unpaired) electrons. The van der Waals surface area contributed by atoms with Crippen molar-refractivity contribution in [2.24, 2.45) is 5.92 Å². The first-order valence-electron chi connectivity index (χ1n) is 18.0. The first-order valence-corrected chi connectivity index (χ1v) is 18.0. The van der Waals surface area contributed by atoms with Crippen LogP contribution in [0.15, 0.2) is 122 Å². The Morgan fingerprint density at radius 3 is 1.92 bits per heavy atom. The highest BCUT2D eigenvalue weighted by atomic mass is 19.1. The molecule has 1 N–H and O–H groups in total. The topological polar surface area (TPSA) is 96.8 Å². The van der Waals surface area contributed by atoms with Gasteiger partial charge in [0.2, 0.25) is 5.91 Å². The number of aromatic nitrogens is 2. The van der Waals surface area contributed by atoms with Gasteiger partial charge >= 0.3 is 12.0 Å². The van der Waals surface area contributed by atoms with Crippen LogP contribution < -0.4 is 5.32 Å². The fourth-order valence-corrected chi connectivity index (χ4v) is 7.42. The van der Waals surface area contributed by atoms with Crippen molar-refractivity contribution in [2.45, 2.75) is 57.8 Å². The number of hydrogen-bond acceptors (Lipinski definition) is 5. The van der Waals surface area contributed by atoms with E-state index < -0.39 is 35.4 Å². The fraction of sp³-hybridized carbons (Fsp3) is 0.302. The zero-order valence-corrected chi connectivity index (χ0v) is 30.6. The summed E-state index contributed by atoms with van der Waals surface area (Å²) in [6.07, 6.45) is 2.40. The first-order chi connectivity index (χ1) is 25.6. The van der Waals surface area contributed by atoms with Gasteiger partial charge in [0.05, 0.1) is 25.7 Å². The van der Waals surface area contributed by atoms with Gasteiger partial charge < -0.3 is 24.4 Å². The van der Waals surface area contributed by atoms with Gasteiger partial charge in [0.15, 0.2) is 0 Å². The van der Waals surface area contributed by atoms with Crippen LogP contribution in [-0.4, -0.2) is 69.5 Å². The third kappa shape index (κ3) is 7.72. The minimum absolute atomic E-state index is 0.111. The summed E-state index contributed by atoms with van der Waals surface area (Å²) in [6.45, 7) is 6.63. The minimum Gasteiger partial charge on any atom is -0.467 e. The molecule has 6 rings (SSSR count). The number of ether oxygens (including phenoxy) is 1. The number of hydrogen-bond donors (Lipinski definition) is 1. The van der Waals surface area contributed by atoms with Gasteiger partial charge in [0.25, 0.3) is 0 Å². The van der Waals surface area contributed by atoms with Gasteiger partial charge in [-0.25, -0.2) is 19.0 Å². The molecular weight excluding hydrogens is 670 g/mol. The smallest absolute Gasteiger partial charge is 0.328 e. The van der Waals surface area contributed by atoms with E-state index in [1.807, 2.05) is 81.7 Å². The normalized spacial score (nSPS) is 15.4. The van der Waals surface area contributed by atoms with Gasteiger partial charge in [0.1, 0.15) is 23.4 Å². The zero-order chi connectivity index (χ0) is 37.5. The van der Waals surface area contributed by atoms with E-state index in [1.54, 1.807) is 17.0 Å². The SMILES string of the molecule is COC(=O)[C@H](CC(C)C)NC(=O)N1CCN(Cc2ncn(C(c3ccccc3)(c3ccccc3)c3ccccc3)c2C)C(=O)[C@@H]1Cc1ccc(F)cc1. The molecule has 53 heavy (non-hydrogen) atoms. The average molecular weight is 716 g/mol. The lowest BCUT2D eigenvalue weighted by Gasteiger charge is -2.41. The van der Waals surface area contributed by atoms with E-state index >= 15 is 0 Å². The summed E-state index contributed by atoms with van der Waals surface area (Å²) in [5, 5.41) is 2.82. The van der Waals surface area contributed by atoms with Gasteiger partial charge in [-0.05, 0) is 53.6 Å². The standard InChI is InChI=1S/C43H46FN5O4/c1-30(2)26-37(41(51)53-4)46-42(52)48-25-24-47(40(50)39(48)27-32-20-22-36(44)23-21-32)28-38-31(3)49(29-45-38)43(33-14-8-5-9-15-33,34-16-10-6-11-17-34)35-18-12-7-13-19-35/h5-23,29-30,37,39H,24-28H2,1-4H3,(H,46,52)/t37-,39-/m0/s1. The maximum atomic E-state index is 14.5. The summed E-state index contributed by atoms with van der Waals surface area (Å²) < 4.78 is 21.0. The summed E-state index contributed by atoms with van der Waals surface area (Å²) in [5.41, 5.74) is 4.73. The molecule has 9 nitrogen and oxygen atoms in total. The summed E-state index contributed by atoms with van der Waals surface area (Å²) >= 11 is 0. The van der Waals surface area contributed by atoms with Crippen molar-refractivity contribution in [1.82, 2.24) is 24.7 Å². The largest absolute Gasteiger partial charge is 0.467 e. The molecule has 1 aliphatic heterocycles. The number of carbonyl (C=O) groups excluding carboxylic acids is 3. The molecule has 5 aromatic rings. The van der Waals surface area contributed by atoms with Crippen molar-refractivity contribution in [3.63, 3.8) is 0 Å². The molecule has 1 saturated heterocycles. The Morgan fingerprint density at radius 1 is 0.868 bits per heavy atom. The molecule has 274 valence electrons. The number of nitrogens with zero attached hydrogens (tertiary/aromatic N) is 4. The van der Waals surface area contributed by atoms with Crippen LogP contribution in [0.2, 0.25) is 0 Å². The number of rotatable bonds is 12. The van der Waals surface area contributed by atoms with Crippen molar-refractivity contribution in [1.29, 1.82) is 0 Å². The van der Waals surface area contributed by atoms with Crippen LogP contribution in [0, 0.1) is 18.7 Å². The fourth-order valence-electron chi connectivity index (χ4n) is 7.42. The van der Waals surface area contributed by atoms with Gasteiger partial charge in [-0.15, -0.1) is 0 Å². The lowest BCUT2D eigenvalue weighted by atomic mass is 9.76. The van der Waals surface area contributed by atoms with Gasteiger partial charge in [-0.3, -0.25) is 4.79 Å². The van der Waals surface area contributed by atoms with E-state index in [0.29, 0.717) is 12.0 Å². The minimum atomic E-state index is -0.897. The maximum absolute atomic E-state index is 14.5. The predicted molar refractivity (Wildman–Crippen MR) is 201 cm³/mol. The molecule has 2 atom stereocenters. The van der Waals surface area contributed by atoms with Crippen LogP contribution >= 0.6 is 0 Å². The Hall–Kier alpha value is -5.77. The van der Waals surface area contributed by atoms with Crippen molar-refractivity contribution in [2.75, 3.05) is 20.2 Å². The lowest BCUT2D eigenvalue weighted by molar-refractivity contribution is -0.143. The van der Waals surface area contributed by atoms with E-state index in [0.717, 1.165) is 28.1 Å². The molecule has 0 spiro atoms. The van der Waals surface area contributed by atoms with Crippen LogP contribution in [0.1, 0.15) is 53.9 Å². The Labute approximate surface area is 310 Å². The van der Waals surface area contributed by atoms with Crippen LogP contribution in [0.5, 0.6) is 0 Å². The summed E-state index contributed by atoms with van der Waals surface area (Å²) in [5.74, 6) is -1.09. The van der Waals surface area contributed by atoms with Crippen molar-refractivity contribution < 1.29 is 23.5 Å². The van der Waals surface area contributed by atoms with Gasteiger partial charge in [-0.1, -0.05) is 117 Å². The van der Waals surface area contributed by atoms with E-state index in [4.69, 9.17) is 9.72 Å². The highest BCUT2D eigenvalue weighted by Crippen LogP contribution is 2.42. The molecule has 2 heterocycles. The highest BCUT2D eigenvalue weighted by Gasteiger charge is 2.42. The van der Waals surface area contributed by atoms with E-state index in [9.17, 15) is 18.8 Å². The number of nitrogens with one attached hydrogen (secondary N) is 1. The maximum Gasteiger partial charge on any atom is 0.328 e. The van der Waals surface area contributed by atoms with Gasteiger partial charge in [-0.2, -0.15) is 0 Å². The van der Waals surface area contributed by atoms with E-state index in [1.165, 1.54) is 24.1 Å². The number of methoxy groups -OCH3 is 1. The summed E-state index contributed by atoms with van der Waals surface area (Å²) in [4.78, 5) is 49.0. The molecule has 1 aromatic heterocycles. The number of carbonyl (C=O) groups is 3. The van der Waals surface area contributed by atoms with E-state index in [-0.39, 0.29) is 37.9 Å². The second kappa shape index (κ2) is 16.3. The van der Waals surface area contributed by atoms with Gasteiger partial charge in [0, 0.05) is 25.2 Å². The van der Waals surface area contributed by atoms with Crippen LogP contribution in [0.3, 0.4) is 0 Å². The Kier molecular flexibility index (Phi) is 11.4. The van der Waals surface area contributed by atoms with Crippen molar-refractivity contribution >= 4 is 17.9 Å². The first kappa shape index (κ1) is 37.0. The average Bonchev–Trinajstić information content (AvgIpc) is 3.54. The number of urea groups is 1. The molecule has 4 aromatic carbocycles. The predicted octanol–water partition coefficient (Wildman–Crippen LogP) is 6.72. The molecule has 1 fully saturated rings. The molecule has 0 aliphatic carbocycles. The quantitative estimate of drug-likeness (QED) is 0.114. The van der Waals surface area contributed by atoms with E-state index in [2.05, 4.69) is 46.3 Å². The van der Waals surface area contributed by atoms with Crippen LogP contribution in [0.25, 0.3) is 0 Å². The Balaban J connectivity index is 1.35. The van der Waals surface area contributed by atoms with Crippen LogP contribution in [-0.2, 0) is 32.8 Å². The summed E-state index contributed by atoms with van der Waals surface area (Å²) in [6, 6.07) is 34.6. The Bertz CT molecular complexity index is 1900. The summed E-state index contributed by atoms with van der Waals surface area (Å²) in [7, 11) is 1.29. The molecular formula is C43H46FN5O4. The lowest BCUT2D eigenvalue weighted by Crippen LogP contribution is -2.62. The molecule has 0 bridgehead atoms. The number of halogens is 1. The number of piperazine rings is 1. The Morgan fingerprint density at radius 2 is 1.42 bits per heavy atom. The number of benzene rings is 4. The second-order valence-corrected chi connectivity index (χ2v) is 13.9. The second-order valence-electron chi connectivity index (χ2n) is 13.9. The molecule has 10 heteroatoms. The third-order valence-corrected chi connectivity index (χ3v) is 10.1. The third-order valence-electron chi connectivity index (χ3n) is 10.1. The molecule has 0 unspecified atom stereocenters. The monoisotopic (exact) mass is 715 g/mol. The number of esters is 1. The number of imidazole rings is 1. The highest BCUT2D eigenvalue weighted by molar-refractivity contribution is 5.90. The van der Waals surface area contributed by atoms with Crippen LogP contribution in [0.4, 0.5) is 9.18 Å². The molecule has 1 aliphatic rings. The molecule has 3 amide bonds. The van der Waals surface area contributed by atoms with Crippen molar-refractivity contribution in [3.05, 3.63) is 161 Å².